The molecule has 0 radical (unpaired) electrons. The molecule has 1 aromatic rings. The summed E-state index contributed by atoms with van der Waals surface area (Å²) in [5, 5.41) is 0. The first-order chi connectivity index (χ1) is 12.4. The molecule has 3 rings (SSSR count). The van der Waals surface area contributed by atoms with Gasteiger partial charge in [-0.1, -0.05) is 31.5 Å². The second-order valence-corrected chi connectivity index (χ2v) is 9.57. The Morgan fingerprint density at radius 2 is 1.58 bits per heavy atom. The van der Waals surface area contributed by atoms with Gasteiger partial charge in [-0.25, -0.2) is 0 Å². The molecule has 1 aliphatic carbocycles. The van der Waals surface area contributed by atoms with Crippen molar-refractivity contribution in [3.63, 3.8) is 0 Å². The molecule has 0 aromatic heterocycles. The van der Waals surface area contributed by atoms with E-state index in [1.807, 2.05) is 0 Å². The molecule has 26 heavy (non-hydrogen) atoms. The minimum atomic E-state index is -0.775. The molecule has 1 saturated heterocycles. The summed E-state index contributed by atoms with van der Waals surface area (Å²) in [7, 11) is -0.775. The highest BCUT2D eigenvalue weighted by atomic mass is 32.2. The van der Waals surface area contributed by atoms with E-state index in [0.717, 1.165) is 48.1 Å². The fourth-order valence-corrected chi connectivity index (χ4v) is 6.42. The summed E-state index contributed by atoms with van der Waals surface area (Å²) in [4.78, 5) is 26.1. The van der Waals surface area contributed by atoms with Crippen LogP contribution < -0.4 is 0 Å². The lowest BCUT2D eigenvalue weighted by Gasteiger charge is -2.35. The van der Waals surface area contributed by atoms with Crippen LogP contribution in [0.5, 0.6) is 0 Å². The third-order valence-corrected chi connectivity index (χ3v) is 7.67. The number of rotatable bonds is 4. The van der Waals surface area contributed by atoms with Crippen LogP contribution in [0.4, 0.5) is 0 Å². The number of aryl methyl sites for hydroxylation is 3. The number of ketones is 2. The molecule has 3 nitrogen and oxygen atoms in total. The molecule has 1 saturated carbocycles. The number of carbonyl (C=O) groups excluding carboxylic acids is 2. The van der Waals surface area contributed by atoms with Crippen LogP contribution in [0.25, 0.3) is 0 Å². The largest absolute Gasteiger partial charge is 0.299 e. The van der Waals surface area contributed by atoms with Crippen LogP contribution in [-0.2, 0) is 33.2 Å². The molecule has 0 bridgehead atoms. The smallest absolute Gasteiger partial charge is 0.148 e. The molecule has 0 N–H and O–H groups in total. The van der Waals surface area contributed by atoms with E-state index >= 15 is 0 Å². The fraction of sp³-hybridized carbons (Fsp3) is 0.636. The van der Waals surface area contributed by atoms with Crippen molar-refractivity contribution < 1.29 is 13.8 Å². The Labute approximate surface area is 159 Å². The van der Waals surface area contributed by atoms with Crippen molar-refractivity contribution in [1.82, 2.24) is 0 Å². The summed E-state index contributed by atoms with van der Waals surface area (Å²) < 4.78 is 11.9. The first-order valence-electron chi connectivity index (χ1n) is 9.97. The van der Waals surface area contributed by atoms with Crippen molar-refractivity contribution in [2.45, 2.75) is 65.2 Å². The maximum atomic E-state index is 13.1. The summed E-state index contributed by atoms with van der Waals surface area (Å²) in [5.74, 6) is 1.39. The zero-order valence-corrected chi connectivity index (χ0v) is 17.0. The summed E-state index contributed by atoms with van der Waals surface area (Å²) >= 11 is 0. The minimum Gasteiger partial charge on any atom is -0.299 e. The number of hydrogen-bond acceptors (Lipinski definition) is 3. The molecule has 2 aliphatic rings. The first kappa shape index (κ1) is 19.5. The maximum absolute atomic E-state index is 13.1. The van der Waals surface area contributed by atoms with Gasteiger partial charge in [0, 0.05) is 35.1 Å². The lowest BCUT2D eigenvalue weighted by Crippen LogP contribution is -2.38. The molecule has 2 atom stereocenters. The minimum absolute atomic E-state index is 0.0795. The van der Waals surface area contributed by atoms with Crippen LogP contribution in [0.3, 0.4) is 0 Å². The Balaban J connectivity index is 1.89. The van der Waals surface area contributed by atoms with Crippen molar-refractivity contribution in [3.8, 4) is 0 Å². The molecule has 0 amide bonds. The average Bonchev–Trinajstić information content (AvgIpc) is 2.61. The van der Waals surface area contributed by atoms with Gasteiger partial charge in [-0.2, -0.15) is 0 Å². The van der Waals surface area contributed by atoms with E-state index in [0.29, 0.717) is 18.6 Å². The van der Waals surface area contributed by atoms with Crippen LogP contribution in [0.15, 0.2) is 12.1 Å². The number of hydrogen-bond donors (Lipinski definition) is 0. The Morgan fingerprint density at radius 1 is 1.00 bits per heavy atom. The van der Waals surface area contributed by atoms with E-state index in [1.54, 1.807) is 0 Å². The zero-order valence-electron chi connectivity index (χ0n) is 16.2. The van der Waals surface area contributed by atoms with Gasteiger partial charge in [0.25, 0.3) is 0 Å². The SMILES string of the molecule is CCc1cc(C)cc(CC)c1C1C(=O)CC(C2CCCS(=O)C2)CC1=O. The van der Waals surface area contributed by atoms with Crippen LogP contribution >= 0.6 is 0 Å². The van der Waals surface area contributed by atoms with E-state index in [9.17, 15) is 13.8 Å². The topological polar surface area (TPSA) is 51.2 Å². The summed E-state index contributed by atoms with van der Waals surface area (Å²) in [5.41, 5.74) is 4.47. The Kier molecular flexibility index (Phi) is 6.11. The zero-order chi connectivity index (χ0) is 18.8. The van der Waals surface area contributed by atoms with Gasteiger partial charge < -0.3 is 0 Å². The molecule has 1 aromatic carbocycles. The lowest BCUT2D eigenvalue weighted by molar-refractivity contribution is -0.134. The molecular formula is C22H30O3S. The molecule has 1 heterocycles. The van der Waals surface area contributed by atoms with E-state index in [-0.39, 0.29) is 23.4 Å². The van der Waals surface area contributed by atoms with E-state index < -0.39 is 16.7 Å². The van der Waals surface area contributed by atoms with Gasteiger partial charge >= 0.3 is 0 Å². The third-order valence-electron chi connectivity index (χ3n) is 6.13. The third kappa shape index (κ3) is 3.85. The quantitative estimate of drug-likeness (QED) is 0.751. The van der Waals surface area contributed by atoms with Crippen molar-refractivity contribution in [2.24, 2.45) is 11.8 Å². The lowest BCUT2D eigenvalue weighted by atomic mass is 9.69. The molecule has 1 aliphatic heterocycles. The second-order valence-electron chi connectivity index (χ2n) is 7.95. The Morgan fingerprint density at radius 3 is 2.08 bits per heavy atom. The van der Waals surface area contributed by atoms with Gasteiger partial charge in [-0.3, -0.25) is 13.8 Å². The number of carbonyl (C=O) groups is 2. The monoisotopic (exact) mass is 374 g/mol. The van der Waals surface area contributed by atoms with E-state index in [1.165, 1.54) is 5.56 Å². The Bertz CT molecular complexity index is 694. The predicted octanol–water partition coefficient (Wildman–Crippen LogP) is 3.91. The van der Waals surface area contributed by atoms with Gasteiger partial charge in [-0.05, 0) is 61.1 Å². The number of Topliss-reactive ketones (excluding diaryl/α,β-unsaturated/α-hetero) is 2. The van der Waals surface area contributed by atoms with Crippen molar-refractivity contribution >= 4 is 22.4 Å². The summed E-state index contributed by atoms with van der Waals surface area (Å²) in [6.45, 7) is 6.26. The van der Waals surface area contributed by atoms with E-state index in [4.69, 9.17) is 0 Å². The van der Waals surface area contributed by atoms with Crippen molar-refractivity contribution in [1.29, 1.82) is 0 Å². The molecule has 2 unspecified atom stereocenters. The van der Waals surface area contributed by atoms with Crippen molar-refractivity contribution in [2.75, 3.05) is 11.5 Å². The number of benzene rings is 1. The Hall–Kier alpha value is -1.29. The normalized spacial score (nSPS) is 29.8. The standard InChI is InChI=1S/C22H30O3S/c1-4-15-9-14(3)10-16(5-2)21(15)22-19(23)11-18(12-20(22)24)17-7-6-8-26(25)13-17/h9-10,17-18,22H,4-8,11-13H2,1-3H3. The van der Waals surface area contributed by atoms with Crippen molar-refractivity contribution in [3.05, 3.63) is 34.4 Å². The molecular weight excluding hydrogens is 344 g/mol. The average molecular weight is 375 g/mol. The first-order valence-corrected chi connectivity index (χ1v) is 11.5. The molecule has 4 heteroatoms. The molecule has 2 fully saturated rings. The van der Waals surface area contributed by atoms with E-state index in [2.05, 4.69) is 32.9 Å². The van der Waals surface area contributed by atoms with Crippen LogP contribution in [0.1, 0.15) is 67.7 Å². The highest BCUT2D eigenvalue weighted by Gasteiger charge is 2.41. The summed E-state index contributed by atoms with van der Waals surface area (Å²) in [6.07, 6.45) is 4.58. The molecule has 142 valence electrons. The highest BCUT2D eigenvalue weighted by Crippen LogP contribution is 2.39. The van der Waals surface area contributed by atoms with Gasteiger partial charge in [0.2, 0.25) is 0 Å². The second kappa shape index (κ2) is 8.16. The maximum Gasteiger partial charge on any atom is 0.148 e. The van der Waals surface area contributed by atoms with Gasteiger partial charge in [0.05, 0.1) is 0 Å². The fourth-order valence-electron chi connectivity index (χ4n) is 4.85. The summed E-state index contributed by atoms with van der Waals surface area (Å²) in [6, 6.07) is 4.26. The van der Waals surface area contributed by atoms with Crippen LogP contribution in [0, 0.1) is 18.8 Å². The van der Waals surface area contributed by atoms with Gasteiger partial charge in [0.1, 0.15) is 17.5 Å². The van der Waals surface area contributed by atoms with Gasteiger partial charge in [-0.15, -0.1) is 0 Å². The van der Waals surface area contributed by atoms with Gasteiger partial charge in [0.15, 0.2) is 0 Å². The highest BCUT2D eigenvalue weighted by molar-refractivity contribution is 7.85. The van der Waals surface area contributed by atoms with Crippen LogP contribution in [0.2, 0.25) is 0 Å². The molecule has 0 spiro atoms. The predicted molar refractivity (Wildman–Crippen MR) is 106 cm³/mol. The van der Waals surface area contributed by atoms with Crippen LogP contribution in [-0.4, -0.2) is 27.3 Å².